The molecule has 0 saturated heterocycles. The molecule has 1 aliphatic heterocycles. The molecular formula is C16H24FNS. The van der Waals surface area contributed by atoms with Gasteiger partial charge in [0.25, 0.3) is 0 Å². The number of hydrogen-bond acceptors (Lipinski definition) is 2. The van der Waals surface area contributed by atoms with E-state index in [0.717, 1.165) is 28.6 Å². The standard InChI is InChI=1S/C16H24FNS/c1-4-11(2)10-12(3)18-15-8-9-19-16-13(15)6-5-7-14(16)17/h5-7,11-12,15,18H,4,8-10H2,1-3H3. The maximum atomic E-state index is 13.8. The van der Waals surface area contributed by atoms with Crippen LogP contribution < -0.4 is 5.32 Å². The molecule has 0 saturated carbocycles. The van der Waals surface area contributed by atoms with Gasteiger partial charge in [0.2, 0.25) is 0 Å². The van der Waals surface area contributed by atoms with Gasteiger partial charge in [-0.15, -0.1) is 11.8 Å². The van der Waals surface area contributed by atoms with E-state index in [1.807, 2.05) is 6.07 Å². The molecule has 1 N–H and O–H groups in total. The van der Waals surface area contributed by atoms with Crippen molar-refractivity contribution in [3.8, 4) is 0 Å². The second kappa shape index (κ2) is 6.76. The van der Waals surface area contributed by atoms with Crippen molar-refractivity contribution in [2.24, 2.45) is 5.92 Å². The Morgan fingerprint density at radius 3 is 2.95 bits per heavy atom. The number of fused-ring (bicyclic) bond motifs is 1. The molecule has 0 radical (unpaired) electrons. The van der Waals surface area contributed by atoms with Gasteiger partial charge in [-0.3, -0.25) is 0 Å². The van der Waals surface area contributed by atoms with E-state index in [-0.39, 0.29) is 5.82 Å². The van der Waals surface area contributed by atoms with Crippen molar-refractivity contribution >= 4 is 11.8 Å². The number of benzene rings is 1. The Labute approximate surface area is 120 Å². The fraction of sp³-hybridized carbons (Fsp3) is 0.625. The van der Waals surface area contributed by atoms with Crippen LogP contribution in [0, 0.1) is 11.7 Å². The average molecular weight is 281 g/mol. The van der Waals surface area contributed by atoms with E-state index in [1.165, 1.54) is 12.8 Å². The topological polar surface area (TPSA) is 12.0 Å². The molecule has 3 unspecified atom stereocenters. The van der Waals surface area contributed by atoms with Crippen LogP contribution in [0.25, 0.3) is 0 Å². The van der Waals surface area contributed by atoms with Gasteiger partial charge in [-0.05, 0) is 43.1 Å². The smallest absolute Gasteiger partial charge is 0.137 e. The summed E-state index contributed by atoms with van der Waals surface area (Å²) in [6, 6.07) is 6.26. The monoisotopic (exact) mass is 281 g/mol. The molecule has 0 spiro atoms. The zero-order chi connectivity index (χ0) is 13.8. The van der Waals surface area contributed by atoms with Crippen molar-refractivity contribution in [2.75, 3.05) is 5.75 Å². The molecule has 2 rings (SSSR count). The van der Waals surface area contributed by atoms with Gasteiger partial charge in [0.05, 0.1) is 0 Å². The molecular weight excluding hydrogens is 257 g/mol. The zero-order valence-corrected chi connectivity index (χ0v) is 12.9. The molecule has 1 aliphatic rings. The lowest BCUT2D eigenvalue weighted by Crippen LogP contribution is -2.33. The summed E-state index contributed by atoms with van der Waals surface area (Å²) in [5, 5.41) is 3.69. The SMILES string of the molecule is CCC(C)CC(C)NC1CCSc2c(F)cccc21. The lowest BCUT2D eigenvalue weighted by molar-refractivity contribution is 0.366. The highest BCUT2D eigenvalue weighted by molar-refractivity contribution is 7.99. The number of halogens is 1. The summed E-state index contributed by atoms with van der Waals surface area (Å²) in [4.78, 5) is 0.849. The normalized spacial score (nSPS) is 21.8. The van der Waals surface area contributed by atoms with Gasteiger partial charge in [0.15, 0.2) is 0 Å². The molecule has 1 aromatic rings. The van der Waals surface area contributed by atoms with Crippen LogP contribution in [0.2, 0.25) is 0 Å². The molecule has 3 atom stereocenters. The molecule has 1 heterocycles. The third-order valence-electron chi connectivity index (χ3n) is 3.96. The molecule has 0 aromatic heterocycles. The number of nitrogens with one attached hydrogen (secondary N) is 1. The first-order valence-electron chi connectivity index (χ1n) is 7.29. The number of rotatable bonds is 5. The van der Waals surface area contributed by atoms with E-state index in [9.17, 15) is 4.39 Å². The van der Waals surface area contributed by atoms with Crippen LogP contribution in [0.1, 0.15) is 51.6 Å². The zero-order valence-electron chi connectivity index (χ0n) is 12.1. The van der Waals surface area contributed by atoms with Gasteiger partial charge < -0.3 is 5.32 Å². The minimum absolute atomic E-state index is 0.0661. The predicted octanol–water partition coefficient (Wildman–Crippen LogP) is 4.78. The van der Waals surface area contributed by atoms with Crippen molar-refractivity contribution in [3.63, 3.8) is 0 Å². The van der Waals surface area contributed by atoms with Crippen LogP contribution in [0.15, 0.2) is 23.1 Å². The second-order valence-electron chi connectivity index (χ2n) is 5.66. The van der Waals surface area contributed by atoms with Crippen LogP contribution >= 0.6 is 11.8 Å². The number of thioether (sulfide) groups is 1. The molecule has 1 nitrogen and oxygen atoms in total. The molecule has 3 heteroatoms. The van der Waals surface area contributed by atoms with Crippen LogP contribution in [0.3, 0.4) is 0 Å². The fourth-order valence-electron chi connectivity index (χ4n) is 2.74. The second-order valence-corrected chi connectivity index (χ2v) is 6.77. The van der Waals surface area contributed by atoms with Crippen molar-refractivity contribution in [1.82, 2.24) is 5.32 Å². The lowest BCUT2D eigenvalue weighted by atomic mass is 9.97. The summed E-state index contributed by atoms with van der Waals surface area (Å²) < 4.78 is 13.8. The average Bonchev–Trinajstić information content (AvgIpc) is 2.39. The van der Waals surface area contributed by atoms with Crippen molar-refractivity contribution < 1.29 is 4.39 Å². The van der Waals surface area contributed by atoms with Gasteiger partial charge in [-0.2, -0.15) is 0 Å². The summed E-state index contributed by atoms with van der Waals surface area (Å²) in [6.45, 7) is 6.77. The molecule has 0 fully saturated rings. The van der Waals surface area contributed by atoms with Gasteiger partial charge in [-0.1, -0.05) is 32.4 Å². The quantitative estimate of drug-likeness (QED) is 0.834. The Kier molecular flexibility index (Phi) is 5.28. The Bertz CT molecular complexity index is 421. The molecule has 106 valence electrons. The van der Waals surface area contributed by atoms with E-state index >= 15 is 0 Å². The Balaban J connectivity index is 2.05. The van der Waals surface area contributed by atoms with Crippen molar-refractivity contribution in [2.45, 2.75) is 57.0 Å². The summed E-state index contributed by atoms with van der Waals surface area (Å²) in [5.74, 6) is 1.68. The first-order valence-corrected chi connectivity index (χ1v) is 8.27. The lowest BCUT2D eigenvalue weighted by Gasteiger charge is -2.30. The van der Waals surface area contributed by atoms with E-state index in [1.54, 1.807) is 17.8 Å². The van der Waals surface area contributed by atoms with Crippen LogP contribution in [-0.2, 0) is 0 Å². The van der Waals surface area contributed by atoms with E-state index in [0.29, 0.717) is 12.1 Å². The highest BCUT2D eigenvalue weighted by Gasteiger charge is 2.24. The van der Waals surface area contributed by atoms with E-state index < -0.39 is 0 Å². The molecule has 0 bridgehead atoms. The summed E-state index contributed by atoms with van der Waals surface area (Å²) in [7, 11) is 0. The largest absolute Gasteiger partial charge is 0.307 e. The summed E-state index contributed by atoms with van der Waals surface area (Å²) in [5.41, 5.74) is 1.15. The maximum Gasteiger partial charge on any atom is 0.137 e. The first-order chi connectivity index (χ1) is 9.11. The molecule has 0 amide bonds. The van der Waals surface area contributed by atoms with Crippen LogP contribution in [-0.4, -0.2) is 11.8 Å². The predicted molar refractivity (Wildman–Crippen MR) is 81.2 cm³/mol. The third kappa shape index (κ3) is 3.73. The molecule has 1 aromatic carbocycles. The Hall–Kier alpha value is -0.540. The van der Waals surface area contributed by atoms with E-state index in [4.69, 9.17) is 0 Å². The number of hydrogen-bond donors (Lipinski definition) is 1. The minimum atomic E-state index is -0.0661. The summed E-state index contributed by atoms with van der Waals surface area (Å²) in [6.07, 6.45) is 3.49. The highest BCUT2D eigenvalue weighted by Crippen LogP contribution is 2.38. The van der Waals surface area contributed by atoms with Gasteiger partial charge in [-0.25, -0.2) is 4.39 Å². The highest BCUT2D eigenvalue weighted by atomic mass is 32.2. The van der Waals surface area contributed by atoms with Crippen LogP contribution in [0.4, 0.5) is 4.39 Å². The van der Waals surface area contributed by atoms with Crippen LogP contribution in [0.5, 0.6) is 0 Å². The molecule has 19 heavy (non-hydrogen) atoms. The van der Waals surface area contributed by atoms with Gasteiger partial charge >= 0.3 is 0 Å². The van der Waals surface area contributed by atoms with Crippen molar-refractivity contribution in [3.05, 3.63) is 29.6 Å². The maximum absolute atomic E-state index is 13.8. The minimum Gasteiger partial charge on any atom is -0.307 e. The molecule has 0 aliphatic carbocycles. The third-order valence-corrected chi connectivity index (χ3v) is 5.12. The Morgan fingerprint density at radius 2 is 2.21 bits per heavy atom. The van der Waals surface area contributed by atoms with Gasteiger partial charge in [0, 0.05) is 17.0 Å². The van der Waals surface area contributed by atoms with E-state index in [2.05, 4.69) is 32.2 Å². The fourth-order valence-corrected chi connectivity index (χ4v) is 3.88. The summed E-state index contributed by atoms with van der Waals surface area (Å²) >= 11 is 1.65. The van der Waals surface area contributed by atoms with Gasteiger partial charge in [0.1, 0.15) is 5.82 Å². The van der Waals surface area contributed by atoms with Crippen molar-refractivity contribution in [1.29, 1.82) is 0 Å². The first kappa shape index (κ1) is 14.9. The Morgan fingerprint density at radius 1 is 1.42 bits per heavy atom.